The van der Waals surface area contributed by atoms with Crippen LogP contribution < -0.4 is 4.74 Å². The molecule has 0 heterocycles. The Kier molecular flexibility index (Phi) is 4.10. The average Bonchev–Trinajstić information content (AvgIpc) is 2.24. The first-order chi connectivity index (χ1) is 7.19. The maximum absolute atomic E-state index is 11.1. The van der Waals surface area contributed by atoms with Crippen molar-refractivity contribution in [2.75, 3.05) is 0 Å². The van der Waals surface area contributed by atoms with E-state index in [1.807, 2.05) is 13.0 Å². The highest BCUT2D eigenvalue weighted by atomic mass is 16.5. The van der Waals surface area contributed by atoms with Gasteiger partial charge >= 0.3 is 5.97 Å². The maximum Gasteiger partial charge on any atom is 0.335 e. The van der Waals surface area contributed by atoms with Gasteiger partial charge in [-0.3, -0.25) is 0 Å². The minimum Gasteiger partial charge on any atom is -0.423 e. The zero-order valence-corrected chi connectivity index (χ0v) is 9.25. The first-order valence-corrected chi connectivity index (χ1v) is 5.11. The number of aryl methyl sites for hydroxylation is 1. The van der Waals surface area contributed by atoms with Crippen molar-refractivity contribution in [2.24, 2.45) is 0 Å². The normalized spacial score (nSPS) is 9.73. The Bertz CT molecular complexity index is 367. The fourth-order valence-electron chi connectivity index (χ4n) is 1.46. The molecule has 0 atom stereocenters. The highest BCUT2D eigenvalue weighted by Gasteiger charge is 2.06. The van der Waals surface area contributed by atoms with Gasteiger partial charge < -0.3 is 4.74 Å². The SMILES string of the molecule is C=CC(=O)Oc1cccc(CCC)c1C. The molecular formula is C13H16O2. The second kappa shape index (κ2) is 5.35. The molecule has 0 bridgehead atoms. The summed E-state index contributed by atoms with van der Waals surface area (Å²) in [5.74, 6) is 0.220. The molecule has 0 aliphatic rings. The molecule has 0 N–H and O–H groups in total. The number of carbonyl (C=O) groups is 1. The van der Waals surface area contributed by atoms with Crippen LogP contribution >= 0.6 is 0 Å². The van der Waals surface area contributed by atoms with Gasteiger partial charge in [0.1, 0.15) is 5.75 Å². The van der Waals surface area contributed by atoms with E-state index >= 15 is 0 Å². The van der Waals surface area contributed by atoms with Crippen LogP contribution in [0.1, 0.15) is 24.5 Å². The van der Waals surface area contributed by atoms with E-state index in [1.165, 1.54) is 11.6 Å². The van der Waals surface area contributed by atoms with Crippen LogP contribution in [0.25, 0.3) is 0 Å². The molecule has 1 aromatic carbocycles. The number of hydrogen-bond acceptors (Lipinski definition) is 2. The molecule has 0 fully saturated rings. The van der Waals surface area contributed by atoms with E-state index in [9.17, 15) is 4.79 Å². The molecule has 0 saturated carbocycles. The van der Waals surface area contributed by atoms with Crippen molar-refractivity contribution in [1.29, 1.82) is 0 Å². The van der Waals surface area contributed by atoms with E-state index in [0.717, 1.165) is 18.4 Å². The molecule has 0 spiro atoms. The summed E-state index contributed by atoms with van der Waals surface area (Å²) in [5.41, 5.74) is 2.27. The summed E-state index contributed by atoms with van der Waals surface area (Å²) in [7, 11) is 0. The van der Waals surface area contributed by atoms with E-state index in [4.69, 9.17) is 4.74 Å². The molecule has 1 rings (SSSR count). The standard InChI is InChI=1S/C13H16O2/c1-4-7-11-8-6-9-12(10(11)3)15-13(14)5-2/h5-6,8-9H,2,4,7H2,1,3H3. The molecular weight excluding hydrogens is 188 g/mol. The molecule has 1 aromatic rings. The van der Waals surface area contributed by atoms with Gasteiger partial charge in [-0.15, -0.1) is 0 Å². The minimum absolute atomic E-state index is 0.410. The van der Waals surface area contributed by atoms with Gasteiger partial charge in [-0.25, -0.2) is 4.79 Å². The zero-order chi connectivity index (χ0) is 11.3. The largest absolute Gasteiger partial charge is 0.423 e. The van der Waals surface area contributed by atoms with E-state index in [2.05, 4.69) is 19.6 Å². The van der Waals surface area contributed by atoms with Crippen LogP contribution in [0.5, 0.6) is 5.75 Å². The predicted octanol–water partition coefficient (Wildman–Crippen LogP) is 3.04. The van der Waals surface area contributed by atoms with Gasteiger partial charge in [0, 0.05) is 6.08 Å². The molecule has 0 aromatic heterocycles. The fraction of sp³-hybridized carbons (Fsp3) is 0.308. The van der Waals surface area contributed by atoms with Gasteiger partial charge in [0.2, 0.25) is 0 Å². The van der Waals surface area contributed by atoms with Crippen molar-refractivity contribution >= 4 is 5.97 Å². The summed E-state index contributed by atoms with van der Waals surface area (Å²) in [6.45, 7) is 7.47. The predicted molar refractivity (Wildman–Crippen MR) is 61.0 cm³/mol. The summed E-state index contributed by atoms with van der Waals surface area (Å²) in [4.78, 5) is 11.1. The lowest BCUT2D eigenvalue weighted by Crippen LogP contribution is -2.05. The first-order valence-electron chi connectivity index (χ1n) is 5.11. The van der Waals surface area contributed by atoms with Crippen LogP contribution in [0.15, 0.2) is 30.9 Å². The third-order valence-corrected chi connectivity index (χ3v) is 2.29. The maximum atomic E-state index is 11.1. The minimum atomic E-state index is -0.410. The van der Waals surface area contributed by atoms with Gasteiger partial charge in [0.05, 0.1) is 0 Å². The van der Waals surface area contributed by atoms with Crippen LogP contribution in [-0.2, 0) is 11.2 Å². The lowest BCUT2D eigenvalue weighted by molar-refractivity contribution is -0.129. The highest BCUT2D eigenvalue weighted by Crippen LogP contribution is 2.22. The van der Waals surface area contributed by atoms with Crippen molar-refractivity contribution < 1.29 is 9.53 Å². The van der Waals surface area contributed by atoms with Crippen LogP contribution in [0, 0.1) is 6.92 Å². The number of hydrogen-bond donors (Lipinski definition) is 0. The molecule has 0 radical (unpaired) electrons. The first kappa shape index (κ1) is 11.5. The molecule has 15 heavy (non-hydrogen) atoms. The fourth-order valence-corrected chi connectivity index (χ4v) is 1.46. The monoisotopic (exact) mass is 204 g/mol. The second-order valence-corrected chi connectivity index (χ2v) is 3.42. The van der Waals surface area contributed by atoms with Crippen molar-refractivity contribution in [3.05, 3.63) is 42.0 Å². The molecule has 2 nitrogen and oxygen atoms in total. The number of rotatable bonds is 4. The molecule has 0 saturated heterocycles. The van der Waals surface area contributed by atoms with E-state index in [-0.39, 0.29) is 0 Å². The highest BCUT2D eigenvalue weighted by molar-refractivity contribution is 5.83. The van der Waals surface area contributed by atoms with Gasteiger partial charge in [0.25, 0.3) is 0 Å². The van der Waals surface area contributed by atoms with Crippen molar-refractivity contribution in [3.63, 3.8) is 0 Å². The summed E-state index contributed by atoms with van der Waals surface area (Å²) < 4.78 is 5.12. The molecule has 0 aliphatic carbocycles. The van der Waals surface area contributed by atoms with Crippen LogP contribution in [0.3, 0.4) is 0 Å². The number of carbonyl (C=O) groups excluding carboxylic acids is 1. The topological polar surface area (TPSA) is 26.3 Å². The summed E-state index contributed by atoms with van der Waals surface area (Å²) >= 11 is 0. The molecule has 0 aliphatic heterocycles. The van der Waals surface area contributed by atoms with Crippen LogP contribution in [0.2, 0.25) is 0 Å². The lowest BCUT2D eigenvalue weighted by atomic mass is 10.0. The van der Waals surface area contributed by atoms with E-state index in [0.29, 0.717) is 5.75 Å². The van der Waals surface area contributed by atoms with Gasteiger partial charge in [-0.1, -0.05) is 32.1 Å². The van der Waals surface area contributed by atoms with E-state index in [1.54, 1.807) is 6.07 Å². The Hall–Kier alpha value is -1.57. The van der Waals surface area contributed by atoms with E-state index < -0.39 is 5.97 Å². The molecule has 80 valence electrons. The van der Waals surface area contributed by atoms with Crippen LogP contribution in [-0.4, -0.2) is 5.97 Å². The number of esters is 1. The Morgan fingerprint density at radius 1 is 1.53 bits per heavy atom. The van der Waals surface area contributed by atoms with Crippen molar-refractivity contribution in [2.45, 2.75) is 26.7 Å². The lowest BCUT2D eigenvalue weighted by Gasteiger charge is -2.09. The zero-order valence-electron chi connectivity index (χ0n) is 9.25. The Morgan fingerprint density at radius 3 is 2.87 bits per heavy atom. The van der Waals surface area contributed by atoms with Gasteiger partial charge in [0.15, 0.2) is 0 Å². The van der Waals surface area contributed by atoms with Crippen LogP contribution in [0.4, 0.5) is 0 Å². The van der Waals surface area contributed by atoms with Gasteiger partial charge in [-0.2, -0.15) is 0 Å². The Balaban J connectivity index is 2.93. The Labute approximate surface area is 90.6 Å². The summed E-state index contributed by atoms with van der Waals surface area (Å²) in [6, 6.07) is 5.77. The van der Waals surface area contributed by atoms with Crippen molar-refractivity contribution in [3.8, 4) is 5.75 Å². The van der Waals surface area contributed by atoms with Crippen molar-refractivity contribution in [1.82, 2.24) is 0 Å². The molecule has 2 heteroatoms. The smallest absolute Gasteiger partial charge is 0.335 e. The second-order valence-electron chi connectivity index (χ2n) is 3.42. The average molecular weight is 204 g/mol. The third-order valence-electron chi connectivity index (χ3n) is 2.29. The molecule has 0 amide bonds. The Morgan fingerprint density at radius 2 is 2.27 bits per heavy atom. The third kappa shape index (κ3) is 2.94. The molecule has 0 unspecified atom stereocenters. The quantitative estimate of drug-likeness (QED) is 0.428. The summed E-state index contributed by atoms with van der Waals surface area (Å²) in [6.07, 6.45) is 3.26. The summed E-state index contributed by atoms with van der Waals surface area (Å²) in [5, 5.41) is 0. The van der Waals surface area contributed by atoms with Gasteiger partial charge in [-0.05, 0) is 30.5 Å². The number of benzene rings is 1. The number of ether oxygens (including phenoxy) is 1.